The van der Waals surface area contributed by atoms with Gasteiger partial charge in [-0.05, 0) is 30.8 Å². The summed E-state index contributed by atoms with van der Waals surface area (Å²) in [5.41, 5.74) is 3.80. The molecular formula is C20H23N6O2S2Tc+. The van der Waals surface area contributed by atoms with Crippen LogP contribution in [0.25, 0.3) is 22.2 Å². The van der Waals surface area contributed by atoms with Crippen molar-refractivity contribution in [2.75, 3.05) is 55.0 Å². The summed E-state index contributed by atoms with van der Waals surface area (Å²) in [7, 11) is 4.03. The van der Waals surface area contributed by atoms with E-state index in [4.69, 9.17) is 28.8 Å². The second-order valence-corrected chi connectivity index (χ2v) is 7.37. The van der Waals surface area contributed by atoms with Crippen molar-refractivity contribution in [2.45, 2.75) is 0 Å². The molecule has 2 heterocycles. The standard InChI is InChI=1S/C20H26N6OS2.O.Tc/c1-24(2)16-5-3-15(4-6-16)17-13-26-18(22-17)7-8-19(23-26)25(11-12-28)10-9-21-20(27)14-29;;/h3-8,13H,9-12,14H2,1-2H3,(H3,21,27,28,29);;/q;;+4/p-3. The van der Waals surface area contributed by atoms with Gasteiger partial charge in [-0.3, -0.25) is 0 Å². The zero-order valence-corrected chi connectivity index (χ0v) is 20.8. The van der Waals surface area contributed by atoms with Crippen LogP contribution in [0.3, 0.4) is 0 Å². The quantitative estimate of drug-likeness (QED) is 0.381. The van der Waals surface area contributed by atoms with Crippen LogP contribution in [0.15, 0.2) is 42.6 Å². The molecule has 0 unspecified atom stereocenters. The van der Waals surface area contributed by atoms with Crippen molar-refractivity contribution in [3.63, 3.8) is 0 Å². The molecule has 8 nitrogen and oxygen atoms in total. The molecule has 0 aliphatic heterocycles. The number of imidazole rings is 1. The third-order valence-corrected chi connectivity index (χ3v) is 4.88. The van der Waals surface area contributed by atoms with Gasteiger partial charge >= 0.3 is 22.4 Å². The van der Waals surface area contributed by atoms with Gasteiger partial charge in [-0.2, -0.15) is 5.75 Å². The third kappa shape index (κ3) is 7.03. The molecule has 3 aromatic rings. The summed E-state index contributed by atoms with van der Waals surface area (Å²) in [4.78, 5) is 20.1. The van der Waals surface area contributed by atoms with Gasteiger partial charge in [0.2, 0.25) is 0 Å². The summed E-state index contributed by atoms with van der Waals surface area (Å²) < 4.78 is 9.99. The van der Waals surface area contributed by atoms with Gasteiger partial charge in [0.05, 0.1) is 11.9 Å². The summed E-state index contributed by atoms with van der Waals surface area (Å²) in [5.74, 6) is 1.08. The molecule has 0 aliphatic carbocycles. The van der Waals surface area contributed by atoms with E-state index in [0.29, 0.717) is 25.4 Å². The Bertz CT molecular complexity index is 983. The molecule has 1 aromatic carbocycles. The van der Waals surface area contributed by atoms with Gasteiger partial charge in [0.15, 0.2) is 5.65 Å². The van der Waals surface area contributed by atoms with E-state index in [1.807, 2.05) is 37.3 Å². The van der Waals surface area contributed by atoms with Crippen molar-refractivity contribution in [1.29, 1.82) is 0 Å². The number of carbonyl (C=O) groups excluding carboxylic acids is 1. The Kier molecular flexibility index (Phi) is 10.5. The molecule has 3 rings (SSSR count). The molecule has 0 fully saturated rings. The number of fused-ring (bicyclic) bond motifs is 1. The predicted octanol–water partition coefficient (Wildman–Crippen LogP) is 2.14. The van der Waals surface area contributed by atoms with E-state index in [1.54, 1.807) is 4.52 Å². The number of amides is 1. The Morgan fingerprint density at radius 2 is 1.81 bits per heavy atom. The van der Waals surface area contributed by atoms with Crippen molar-refractivity contribution < 1.29 is 27.2 Å². The van der Waals surface area contributed by atoms with Crippen LogP contribution < -0.4 is 9.80 Å². The number of hydrogen-bond donors (Lipinski definition) is 0. The number of nitrogens with zero attached hydrogens (tertiary/aromatic N) is 6. The molecule has 0 N–H and O–H groups in total. The van der Waals surface area contributed by atoms with Crippen LogP contribution >= 0.6 is 0 Å². The Labute approximate surface area is 203 Å². The monoisotopic (exact) mass is 540 g/mol. The second-order valence-electron chi connectivity index (χ2n) is 6.67. The van der Waals surface area contributed by atoms with Crippen molar-refractivity contribution in [3.8, 4) is 11.3 Å². The number of hydrogen-bond acceptors (Lipinski definition) is 8. The molecular weight excluding hydrogens is 518 g/mol. The Morgan fingerprint density at radius 1 is 1.10 bits per heavy atom. The van der Waals surface area contributed by atoms with E-state index in [1.165, 1.54) is 0 Å². The van der Waals surface area contributed by atoms with Gasteiger partial charge < -0.3 is 45.2 Å². The Balaban J connectivity index is 0.00000166. The molecule has 163 valence electrons. The molecule has 0 radical (unpaired) electrons. The number of carbonyl (C=O) groups is 1. The molecule has 31 heavy (non-hydrogen) atoms. The summed E-state index contributed by atoms with van der Waals surface area (Å²) in [6.45, 7) is 1.58. The first-order valence-corrected chi connectivity index (χ1v) is 11.3. The van der Waals surface area contributed by atoms with Crippen LogP contribution in [0, 0.1) is 0 Å². The Hall–Kier alpha value is -1.94. The molecule has 0 atom stereocenters. The third-order valence-electron chi connectivity index (χ3n) is 4.45. The summed E-state index contributed by atoms with van der Waals surface area (Å²) >= 11 is 10.8. The fraction of sp³-hybridized carbons (Fsp3) is 0.350. The normalized spacial score (nSPS) is 10.4. The van der Waals surface area contributed by atoms with Crippen LogP contribution in [-0.2, 0) is 52.4 Å². The molecule has 0 bridgehead atoms. The SMILES string of the molecule is CN(C)c1ccc(-c2cn3nc(N(CC[S-])CC[N-]C(=O)C[S-])ccc3n2)cc1.[O]=[Tc+4]. The van der Waals surface area contributed by atoms with Crippen LogP contribution in [0.2, 0.25) is 0 Å². The van der Waals surface area contributed by atoms with Crippen molar-refractivity contribution in [2.24, 2.45) is 0 Å². The minimum absolute atomic E-state index is 0.0125. The second kappa shape index (κ2) is 12.8. The van der Waals surface area contributed by atoms with E-state index in [9.17, 15) is 4.79 Å². The Morgan fingerprint density at radius 3 is 2.42 bits per heavy atom. The molecule has 0 spiro atoms. The van der Waals surface area contributed by atoms with Crippen molar-refractivity contribution in [1.82, 2.24) is 14.6 Å². The van der Waals surface area contributed by atoms with Crippen LogP contribution in [0.5, 0.6) is 0 Å². The van der Waals surface area contributed by atoms with Crippen LogP contribution in [-0.4, -0.2) is 65.7 Å². The first-order valence-electron chi connectivity index (χ1n) is 9.43. The van der Waals surface area contributed by atoms with E-state index in [2.05, 4.69) is 44.6 Å². The van der Waals surface area contributed by atoms with Gasteiger partial charge in [0.25, 0.3) is 0 Å². The zero-order chi connectivity index (χ0) is 22.8. The topological polar surface area (TPSA) is 84.9 Å². The fourth-order valence-corrected chi connectivity index (χ4v) is 3.21. The average Bonchev–Trinajstić information content (AvgIpc) is 3.23. The van der Waals surface area contributed by atoms with E-state index < -0.39 is 0 Å². The maximum absolute atomic E-state index is 11.3. The first-order chi connectivity index (χ1) is 15.0. The summed E-state index contributed by atoms with van der Waals surface area (Å²) in [6, 6.07) is 12.1. The van der Waals surface area contributed by atoms with E-state index >= 15 is 0 Å². The van der Waals surface area contributed by atoms with Gasteiger partial charge in [-0.15, -0.1) is 17.4 Å². The maximum atomic E-state index is 11.3. The molecule has 1 amide bonds. The molecule has 11 heteroatoms. The van der Waals surface area contributed by atoms with Gasteiger partial charge in [-0.25, -0.2) is 9.50 Å². The number of benzene rings is 1. The molecule has 0 aliphatic rings. The van der Waals surface area contributed by atoms with Crippen molar-refractivity contribution >= 4 is 48.3 Å². The molecule has 0 saturated heterocycles. The first kappa shape index (κ1) is 25.3. The molecule has 2 aromatic heterocycles. The number of anilines is 2. The zero-order valence-electron chi connectivity index (χ0n) is 17.3. The molecule has 0 saturated carbocycles. The minimum atomic E-state index is -0.263. The number of aromatic nitrogens is 3. The summed E-state index contributed by atoms with van der Waals surface area (Å²) in [6.07, 6.45) is 1.92. The predicted molar refractivity (Wildman–Crippen MR) is 123 cm³/mol. The van der Waals surface area contributed by atoms with Gasteiger partial charge in [0.1, 0.15) is 5.82 Å². The summed E-state index contributed by atoms with van der Waals surface area (Å²) in [5, 5.41) is 8.63. The average molecular weight is 542 g/mol. The van der Waals surface area contributed by atoms with Crippen LogP contribution in [0.1, 0.15) is 0 Å². The van der Waals surface area contributed by atoms with Gasteiger partial charge in [0, 0.05) is 37.8 Å². The van der Waals surface area contributed by atoms with Crippen LogP contribution in [0.4, 0.5) is 11.5 Å². The van der Waals surface area contributed by atoms with E-state index in [0.717, 1.165) is 47.3 Å². The number of rotatable bonds is 9. The van der Waals surface area contributed by atoms with Gasteiger partial charge in [-0.1, -0.05) is 12.1 Å². The van der Waals surface area contributed by atoms with Crippen molar-refractivity contribution in [3.05, 3.63) is 47.9 Å². The van der Waals surface area contributed by atoms with E-state index in [-0.39, 0.29) is 11.7 Å². The fourth-order valence-electron chi connectivity index (χ4n) is 2.90.